The van der Waals surface area contributed by atoms with Gasteiger partial charge in [-0.1, -0.05) is 13.3 Å². The molecule has 1 aromatic heterocycles. The Morgan fingerprint density at radius 2 is 2.32 bits per heavy atom. The number of rotatable bonds is 6. The molecule has 1 aliphatic carbocycles. The Labute approximate surface area is 117 Å². The Balaban J connectivity index is 2.14. The predicted molar refractivity (Wildman–Crippen MR) is 79.1 cm³/mol. The van der Waals surface area contributed by atoms with E-state index < -0.39 is 0 Å². The van der Waals surface area contributed by atoms with Crippen LogP contribution in [-0.4, -0.2) is 26.1 Å². The lowest BCUT2D eigenvalue weighted by Gasteiger charge is -2.06. The fraction of sp³-hybridized carbons (Fsp3) is 0.615. The first-order valence-electron chi connectivity index (χ1n) is 6.57. The van der Waals surface area contributed by atoms with Crippen LogP contribution in [0, 0.1) is 5.92 Å². The Morgan fingerprint density at radius 1 is 1.58 bits per heavy atom. The summed E-state index contributed by atoms with van der Waals surface area (Å²) in [6.45, 7) is 2.20. The fourth-order valence-corrected chi connectivity index (χ4v) is 3.39. The van der Waals surface area contributed by atoms with Gasteiger partial charge >= 0.3 is 0 Å². The summed E-state index contributed by atoms with van der Waals surface area (Å²) in [5.41, 5.74) is 6.38. The third kappa shape index (κ3) is 2.78. The van der Waals surface area contributed by atoms with E-state index in [0.29, 0.717) is 22.4 Å². The summed E-state index contributed by atoms with van der Waals surface area (Å²) in [5, 5.41) is 6.90. The van der Waals surface area contributed by atoms with Crippen molar-refractivity contribution in [3.8, 4) is 5.75 Å². The lowest BCUT2D eigenvalue weighted by Crippen LogP contribution is -2.17. The molecule has 0 aromatic carbocycles. The average Bonchev–Trinajstić information content (AvgIpc) is 3.04. The summed E-state index contributed by atoms with van der Waals surface area (Å²) in [6, 6.07) is 0.490. The maximum absolute atomic E-state index is 11.7. The molecule has 0 radical (unpaired) electrons. The largest absolute Gasteiger partial charge is 0.492 e. The summed E-state index contributed by atoms with van der Waals surface area (Å²) in [4.78, 5) is 12.2. The van der Waals surface area contributed by atoms with E-state index in [1.54, 1.807) is 14.2 Å². The van der Waals surface area contributed by atoms with E-state index in [4.69, 9.17) is 10.5 Å². The van der Waals surface area contributed by atoms with Gasteiger partial charge in [0.25, 0.3) is 5.91 Å². The molecule has 0 bridgehead atoms. The molecule has 19 heavy (non-hydrogen) atoms. The maximum Gasteiger partial charge on any atom is 0.263 e. The average molecular weight is 283 g/mol. The van der Waals surface area contributed by atoms with Crippen molar-refractivity contribution in [1.82, 2.24) is 5.32 Å². The Morgan fingerprint density at radius 3 is 2.89 bits per heavy atom. The van der Waals surface area contributed by atoms with Gasteiger partial charge in [-0.3, -0.25) is 4.79 Å². The lowest BCUT2D eigenvalue weighted by atomic mass is 10.2. The van der Waals surface area contributed by atoms with Crippen molar-refractivity contribution in [3.05, 3.63) is 4.88 Å². The molecule has 106 valence electrons. The second-order valence-corrected chi connectivity index (χ2v) is 5.84. The standard InChI is InChI=1S/C13H21N3O2S/c1-4-5-7-6-8(7)16-13-10(18-3)9(14)11(19-13)12(17)15-2/h7-8,16H,4-6,14H2,1-3H3,(H,15,17). The van der Waals surface area contributed by atoms with Crippen LogP contribution in [0.5, 0.6) is 5.75 Å². The van der Waals surface area contributed by atoms with Crippen LogP contribution in [-0.2, 0) is 0 Å². The Hall–Kier alpha value is -1.43. The molecule has 0 aliphatic heterocycles. The highest BCUT2D eigenvalue weighted by atomic mass is 32.1. The number of thiophene rings is 1. The normalized spacial score (nSPS) is 21.0. The minimum absolute atomic E-state index is 0.172. The highest BCUT2D eigenvalue weighted by molar-refractivity contribution is 7.19. The van der Waals surface area contributed by atoms with Gasteiger partial charge in [0.05, 0.1) is 7.11 Å². The van der Waals surface area contributed by atoms with Gasteiger partial charge in [0.2, 0.25) is 0 Å². The second-order valence-electron chi connectivity index (χ2n) is 4.82. The molecule has 5 nitrogen and oxygen atoms in total. The maximum atomic E-state index is 11.7. The van der Waals surface area contributed by atoms with E-state index in [0.717, 1.165) is 10.9 Å². The van der Waals surface area contributed by atoms with Gasteiger partial charge in [0.1, 0.15) is 15.6 Å². The van der Waals surface area contributed by atoms with Crippen molar-refractivity contribution in [3.63, 3.8) is 0 Å². The summed E-state index contributed by atoms with van der Waals surface area (Å²) in [6.07, 6.45) is 3.63. The summed E-state index contributed by atoms with van der Waals surface area (Å²) < 4.78 is 5.32. The summed E-state index contributed by atoms with van der Waals surface area (Å²) >= 11 is 1.36. The number of anilines is 2. The summed E-state index contributed by atoms with van der Waals surface area (Å²) in [5.74, 6) is 1.15. The van der Waals surface area contributed by atoms with E-state index in [-0.39, 0.29) is 5.91 Å². The third-order valence-electron chi connectivity index (χ3n) is 3.44. The first-order chi connectivity index (χ1) is 9.12. The van der Waals surface area contributed by atoms with Gasteiger partial charge in [0, 0.05) is 13.1 Å². The molecular weight excluding hydrogens is 262 g/mol. The molecule has 1 heterocycles. The number of methoxy groups -OCH3 is 1. The first-order valence-corrected chi connectivity index (χ1v) is 7.38. The minimum Gasteiger partial charge on any atom is -0.492 e. The van der Waals surface area contributed by atoms with Gasteiger partial charge in [-0.15, -0.1) is 11.3 Å². The van der Waals surface area contributed by atoms with Crippen LogP contribution in [0.2, 0.25) is 0 Å². The van der Waals surface area contributed by atoms with Crippen LogP contribution in [0.1, 0.15) is 35.9 Å². The molecule has 4 N–H and O–H groups in total. The van der Waals surface area contributed by atoms with Crippen LogP contribution in [0.4, 0.5) is 10.7 Å². The van der Waals surface area contributed by atoms with E-state index >= 15 is 0 Å². The number of nitrogen functional groups attached to an aromatic ring is 1. The van der Waals surface area contributed by atoms with Gasteiger partial charge in [-0.05, 0) is 18.8 Å². The second kappa shape index (κ2) is 5.69. The van der Waals surface area contributed by atoms with Gasteiger partial charge in [-0.25, -0.2) is 0 Å². The molecule has 1 saturated carbocycles. The first kappa shape index (κ1) is 14.0. The minimum atomic E-state index is -0.172. The topological polar surface area (TPSA) is 76.4 Å². The molecule has 0 saturated heterocycles. The molecule has 1 aliphatic rings. The molecule has 6 heteroatoms. The highest BCUT2D eigenvalue weighted by Crippen LogP contribution is 2.46. The predicted octanol–water partition coefficient (Wildman–Crippen LogP) is 2.30. The van der Waals surface area contributed by atoms with Crippen molar-refractivity contribution in [2.45, 2.75) is 32.2 Å². The molecule has 2 atom stereocenters. The smallest absolute Gasteiger partial charge is 0.263 e. The van der Waals surface area contributed by atoms with Gasteiger partial charge < -0.3 is 21.1 Å². The SMILES string of the molecule is CCCC1CC1Nc1sc(C(=O)NC)c(N)c1OC. The lowest BCUT2D eigenvalue weighted by molar-refractivity contribution is 0.0967. The number of carbonyl (C=O) groups excluding carboxylic acids is 1. The highest BCUT2D eigenvalue weighted by Gasteiger charge is 2.37. The van der Waals surface area contributed by atoms with Crippen LogP contribution in [0.15, 0.2) is 0 Å². The molecule has 1 amide bonds. The molecule has 1 fully saturated rings. The zero-order chi connectivity index (χ0) is 14.0. The van der Waals surface area contributed by atoms with Crippen molar-refractivity contribution in [1.29, 1.82) is 0 Å². The van der Waals surface area contributed by atoms with Crippen LogP contribution < -0.4 is 21.1 Å². The molecular formula is C13H21N3O2S. The third-order valence-corrected chi connectivity index (χ3v) is 4.55. The number of ether oxygens (including phenoxy) is 1. The Bertz CT molecular complexity index is 473. The zero-order valence-corrected chi connectivity index (χ0v) is 12.4. The molecule has 1 aromatic rings. The number of amides is 1. The summed E-state index contributed by atoms with van der Waals surface area (Å²) in [7, 11) is 3.17. The molecule has 0 spiro atoms. The van der Waals surface area contributed by atoms with Crippen molar-refractivity contribution < 1.29 is 9.53 Å². The number of hydrogen-bond donors (Lipinski definition) is 3. The van der Waals surface area contributed by atoms with E-state index in [1.807, 2.05) is 0 Å². The number of nitrogens with two attached hydrogens (primary N) is 1. The zero-order valence-electron chi connectivity index (χ0n) is 11.6. The molecule has 2 unspecified atom stereocenters. The monoisotopic (exact) mass is 283 g/mol. The number of nitrogens with one attached hydrogen (secondary N) is 2. The Kier molecular flexibility index (Phi) is 4.19. The van der Waals surface area contributed by atoms with E-state index in [9.17, 15) is 4.79 Å². The number of hydrogen-bond acceptors (Lipinski definition) is 5. The van der Waals surface area contributed by atoms with Crippen LogP contribution in [0.25, 0.3) is 0 Å². The van der Waals surface area contributed by atoms with Gasteiger partial charge in [0.15, 0.2) is 5.75 Å². The van der Waals surface area contributed by atoms with Crippen molar-refractivity contribution in [2.75, 3.05) is 25.2 Å². The van der Waals surface area contributed by atoms with Gasteiger partial charge in [-0.2, -0.15) is 0 Å². The van der Waals surface area contributed by atoms with Crippen molar-refractivity contribution >= 4 is 27.9 Å². The van der Waals surface area contributed by atoms with Crippen LogP contribution in [0.3, 0.4) is 0 Å². The van der Waals surface area contributed by atoms with E-state index in [2.05, 4.69) is 17.6 Å². The quantitative estimate of drug-likeness (QED) is 0.748. The van der Waals surface area contributed by atoms with Crippen molar-refractivity contribution in [2.24, 2.45) is 5.92 Å². The molecule has 2 rings (SSSR count). The van der Waals surface area contributed by atoms with Crippen LogP contribution >= 0.6 is 11.3 Å². The fourth-order valence-electron chi connectivity index (χ4n) is 2.29. The van der Waals surface area contributed by atoms with E-state index in [1.165, 1.54) is 30.6 Å². The number of carbonyl (C=O) groups is 1.